The average Bonchev–Trinajstić information content (AvgIpc) is 3.07. The molecule has 27 heavy (non-hydrogen) atoms. The number of anilines is 1. The number of hydrogen-bond acceptors (Lipinski definition) is 4. The van der Waals surface area contributed by atoms with Crippen LogP contribution in [0.2, 0.25) is 0 Å². The van der Waals surface area contributed by atoms with Crippen molar-refractivity contribution in [2.75, 3.05) is 39.9 Å². The Morgan fingerprint density at radius 2 is 2.07 bits per heavy atom. The van der Waals surface area contributed by atoms with E-state index in [9.17, 15) is 4.79 Å². The third-order valence-electron chi connectivity index (χ3n) is 5.41. The number of nitrogens with one attached hydrogen (secondary N) is 1. The molecule has 1 amide bonds. The lowest BCUT2D eigenvalue weighted by Gasteiger charge is -2.42. The number of hydrogen-bond donors (Lipinski definition) is 1. The molecule has 0 fully saturated rings. The summed E-state index contributed by atoms with van der Waals surface area (Å²) in [7, 11) is 5.77. The summed E-state index contributed by atoms with van der Waals surface area (Å²) in [5.41, 5.74) is 3.87. The normalized spacial score (nSPS) is 19.3. The van der Waals surface area contributed by atoms with E-state index in [0.717, 1.165) is 35.3 Å². The molecule has 6 nitrogen and oxygen atoms in total. The highest BCUT2D eigenvalue weighted by Gasteiger charge is 2.45. The number of carbonyl (C=O) groups is 1. The molecule has 0 aromatic heterocycles. The van der Waals surface area contributed by atoms with E-state index in [4.69, 9.17) is 14.2 Å². The van der Waals surface area contributed by atoms with Gasteiger partial charge in [-0.3, -0.25) is 4.79 Å². The summed E-state index contributed by atoms with van der Waals surface area (Å²) >= 11 is 0. The van der Waals surface area contributed by atoms with Gasteiger partial charge in [0, 0.05) is 12.1 Å². The molecular weight excluding hydrogens is 344 g/mol. The minimum Gasteiger partial charge on any atom is -0.492 e. The number of ether oxygens (including phenoxy) is 3. The first-order valence-corrected chi connectivity index (χ1v) is 9.10. The van der Waals surface area contributed by atoms with E-state index in [1.165, 1.54) is 0 Å². The molecule has 2 aliphatic rings. The maximum atomic E-state index is 13.4. The van der Waals surface area contributed by atoms with Crippen molar-refractivity contribution in [1.29, 1.82) is 0 Å². The minimum atomic E-state index is -0.404. The average molecular weight is 369 g/mol. The molecule has 0 saturated carbocycles. The molecular formula is C21H25N2O4+. The molecule has 1 unspecified atom stereocenters. The number of amides is 1. The molecule has 1 N–H and O–H groups in total. The number of quaternary nitrogens is 1. The Kier molecular flexibility index (Phi) is 4.23. The van der Waals surface area contributed by atoms with E-state index in [1.807, 2.05) is 37.3 Å². The number of aryl methyl sites for hydroxylation is 1. The van der Waals surface area contributed by atoms with Crippen LogP contribution in [0.4, 0.5) is 5.69 Å². The summed E-state index contributed by atoms with van der Waals surface area (Å²) in [6.07, 6.45) is 0.851. The van der Waals surface area contributed by atoms with Gasteiger partial charge in [0.05, 0.1) is 33.3 Å². The topological polar surface area (TPSA) is 56.8 Å². The van der Waals surface area contributed by atoms with Gasteiger partial charge < -0.3 is 24.0 Å². The number of fused-ring (bicyclic) bond motifs is 2. The standard InChI is InChI=1S/C21H24N2O4/c1-13-6-5-7-15(10-13)22-21(24)18-17-14(8-9-23(18,2)3)11-16-19(20(17)25-4)27-12-26-16/h5-7,10-11,18H,8-9,12H2,1-4H3/p+1. The SMILES string of the molecule is COc1c2c(cc3c1C(C(=O)Nc1cccc(C)c1)[N+](C)(C)CC3)OCO2. The summed E-state index contributed by atoms with van der Waals surface area (Å²) in [6, 6.07) is 9.42. The van der Waals surface area contributed by atoms with E-state index < -0.39 is 6.04 Å². The fraction of sp³-hybridized carbons (Fsp3) is 0.381. The number of benzene rings is 2. The van der Waals surface area contributed by atoms with E-state index in [-0.39, 0.29) is 12.7 Å². The summed E-state index contributed by atoms with van der Waals surface area (Å²) < 4.78 is 17.4. The second kappa shape index (κ2) is 6.46. The summed E-state index contributed by atoms with van der Waals surface area (Å²) in [6.45, 7) is 3.03. The zero-order valence-electron chi connectivity index (χ0n) is 16.2. The van der Waals surface area contributed by atoms with Gasteiger partial charge in [0.1, 0.15) is 0 Å². The molecule has 2 aliphatic heterocycles. The highest BCUT2D eigenvalue weighted by molar-refractivity contribution is 5.96. The van der Waals surface area contributed by atoms with Crippen LogP contribution in [0.15, 0.2) is 30.3 Å². The molecule has 142 valence electrons. The van der Waals surface area contributed by atoms with Crippen molar-refractivity contribution < 1.29 is 23.5 Å². The second-order valence-corrected chi connectivity index (χ2v) is 7.73. The Balaban J connectivity index is 1.79. The van der Waals surface area contributed by atoms with Crippen LogP contribution in [0.25, 0.3) is 0 Å². The zero-order chi connectivity index (χ0) is 19.2. The molecule has 4 rings (SSSR count). The van der Waals surface area contributed by atoms with Gasteiger partial charge in [0.15, 0.2) is 17.5 Å². The third-order valence-corrected chi connectivity index (χ3v) is 5.41. The van der Waals surface area contributed by atoms with E-state index in [2.05, 4.69) is 19.4 Å². The van der Waals surface area contributed by atoms with Crippen LogP contribution in [-0.2, 0) is 11.2 Å². The van der Waals surface area contributed by atoms with Gasteiger partial charge in [-0.2, -0.15) is 0 Å². The fourth-order valence-electron chi connectivity index (χ4n) is 4.06. The Hall–Kier alpha value is -2.73. The first-order chi connectivity index (χ1) is 12.9. The van der Waals surface area contributed by atoms with E-state index >= 15 is 0 Å². The van der Waals surface area contributed by atoms with Crippen LogP contribution in [0.5, 0.6) is 17.2 Å². The van der Waals surface area contributed by atoms with Crippen molar-refractivity contribution in [2.24, 2.45) is 0 Å². The van der Waals surface area contributed by atoms with Gasteiger partial charge >= 0.3 is 0 Å². The van der Waals surface area contributed by atoms with Crippen LogP contribution in [-0.4, -0.2) is 44.9 Å². The van der Waals surface area contributed by atoms with Crippen LogP contribution in [0.1, 0.15) is 22.7 Å². The van der Waals surface area contributed by atoms with Gasteiger partial charge in [-0.05, 0) is 36.2 Å². The van der Waals surface area contributed by atoms with E-state index in [0.29, 0.717) is 21.7 Å². The van der Waals surface area contributed by atoms with Crippen LogP contribution in [0, 0.1) is 6.92 Å². The Morgan fingerprint density at radius 1 is 1.26 bits per heavy atom. The zero-order valence-corrected chi connectivity index (χ0v) is 16.2. The summed E-state index contributed by atoms with van der Waals surface area (Å²) in [4.78, 5) is 13.4. The molecule has 0 aliphatic carbocycles. The van der Waals surface area contributed by atoms with Gasteiger partial charge in [0.25, 0.3) is 5.91 Å². The third kappa shape index (κ3) is 3.00. The predicted octanol–water partition coefficient (Wildman–Crippen LogP) is 3.04. The smallest absolute Gasteiger partial charge is 0.287 e. The van der Waals surface area contributed by atoms with Crippen LogP contribution < -0.4 is 19.5 Å². The van der Waals surface area contributed by atoms with Gasteiger partial charge in [-0.25, -0.2) is 0 Å². The summed E-state index contributed by atoms with van der Waals surface area (Å²) in [5.74, 6) is 1.83. The van der Waals surface area contributed by atoms with Crippen molar-refractivity contribution in [3.8, 4) is 17.2 Å². The second-order valence-electron chi connectivity index (χ2n) is 7.73. The molecule has 2 aromatic rings. The van der Waals surface area contributed by atoms with Crippen LogP contribution in [0.3, 0.4) is 0 Å². The molecule has 0 saturated heterocycles. The largest absolute Gasteiger partial charge is 0.492 e. The molecule has 0 bridgehead atoms. The Bertz CT molecular complexity index is 907. The quantitative estimate of drug-likeness (QED) is 0.845. The maximum absolute atomic E-state index is 13.4. The number of carbonyl (C=O) groups excluding carboxylic acids is 1. The number of methoxy groups -OCH3 is 1. The van der Waals surface area contributed by atoms with Crippen molar-refractivity contribution in [3.63, 3.8) is 0 Å². The minimum absolute atomic E-state index is 0.0521. The van der Waals surface area contributed by atoms with Gasteiger partial charge in [-0.15, -0.1) is 0 Å². The first kappa shape index (κ1) is 17.7. The molecule has 0 spiro atoms. The predicted molar refractivity (Wildman–Crippen MR) is 102 cm³/mol. The monoisotopic (exact) mass is 369 g/mol. The Labute approximate surface area is 159 Å². The van der Waals surface area contributed by atoms with Crippen molar-refractivity contribution >= 4 is 11.6 Å². The lowest BCUT2D eigenvalue weighted by Crippen LogP contribution is -2.52. The number of rotatable bonds is 3. The Morgan fingerprint density at radius 3 is 2.81 bits per heavy atom. The lowest BCUT2D eigenvalue weighted by molar-refractivity contribution is -0.913. The molecule has 2 heterocycles. The fourth-order valence-corrected chi connectivity index (χ4v) is 4.06. The maximum Gasteiger partial charge on any atom is 0.287 e. The summed E-state index contributed by atoms with van der Waals surface area (Å²) in [5, 5.41) is 3.09. The molecule has 0 radical (unpaired) electrons. The number of nitrogens with zero attached hydrogens (tertiary/aromatic N) is 1. The number of likely N-dealkylation sites (N-methyl/N-ethyl adjacent to an activating group) is 1. The van der Waals surface area contributed by atoms with Crippen molar-refractivity contribution in [3.05, 3.63) is 47.0 Å². The van der Waals surface area contributed by atoms with E-state index in [1.54, 1.807) is 7.11 Å². The highest BCUT2D eigenvalue weighted by atomic mass is 16.7. The molecule has 2 aromatic carbocycles. The molecule has 6 heteroatoms. The molecule has 1 atom stereocenters. The van der Waals surface area contributed by atoms with Crippen molar-refractivity contribution in [2.45, 2.75) is 19.4 Å². The highest BCUT2D eigenvalue weighted by Crippen LogP contribution is 2.50. The van der Waals surface area contributed by atoms with Crippen LogP contribution >= 0.6 is 0 Å². The lowest BCUT2D eigenvalue weighted by atomic mass is 9.88. The first-order valence-electron chi connectivity index (χ1n) is 9.10. The van der Waals surface area contributed by atoms with Crippen molar-refractivity contribution in [1.82, 2.24) is 0 Å². The van der Waals surface area contributed by atoms with Gasteiger partial charge in [-0.1, -0.05) is 12.1 Å². The van der Waals surface area contributed by atoms with Gasteiger partial charge in [0.2, 0.25) is 12.5 Å².